The van der Waals surface area contributed by atoms with Gasteiger partial charge in [-0.2, -0.15) is 4.37 Å². The van der Waals surface area contributed by atoms with Gasteiger partial charge in [0.15, 0.2) is 12.7 Å². The van der Waals surface area contributed by atoms with Gasteiger partial charge in [0.05, 0.1) is 55.1 Å². The van der Waals surface area contributed by atoms with Crippen LogP contribution in [0.15, 0.2) is 201 Å². The molecular formula is C76H148N20O7S5. The van der Waals surface area contributed by atoms with Crippen molar-refractivity contribution in [2.75, 3.05) is 0 Å². The van der Waals surface area contributed by atoms with E-state index in [9.17, 15) is 0 Å². The molecule has 0 atom stereocenters. The molecule has 0 amide bonds. The molecule has 108 heavy (non-hydrogen) atoms. The van der Waals surface area contributed by atoms with Crippen LogP contribution in [0, 0.1) is 71.0 Å². The summed E-state index contributed by atoms with van der Waals surface area (Å²) in [5.74, 6) is 10.0. The molecule has 0 fully saturated rings. The van der Waals surface area contributed by atoms with E-state index in [1.54, 1.807) is 70.4 Å². The van der Waals surface area contributed by atoms with Crippen LogP contribution in [0.2, 0.25) is 0 Å². The highest BCUT2D eigenvalue weighted by atomic mass is 32.1. The van der Waals surface area contributed by atoms with Crippen molar-refractivity contribution in [1.29, 1.82) is 0 Å². The minimum Gasteiger partial charge on any atom is -0.452 e. The normalized spacial score (nSPS) is 8.44. The molecule has 0 N–H and O–H groups in total. The fraction of sp³-hybridized carbons (Fsp3) is 0.632. The monoisotopic (exact) mass is 1610 g/mol. The molecule has 12 aromatic heterocycles. The van der Waals surface area contributed by atoms with E-state index in [1.165, 1.54) is 134 Å². The summed E-state index contributed by atoms with van der Waals surface area (Å²) in [6.45, 7) is 78.0. The molecule has 12 rings (SSSR count). The van der Waals surface area contributed by atoms with Gasteiger partial charge in [0.25, 0.3) is 0 Å². The van der Waals surface area contributed by atoms with Gasteiger partial charge in [0, 0.05) is 33.8 Å². The molecule has 0 aromatic carbocycles. The van der Waals surface area contributed by atoms with Crippen LogP contribution < -0.4 is 0 Å². The average molecular weight is 1610 g/mol. The summed E-state index contributed by atoms with van der Waals surface area (Å²) in [6.07, 6.45) is 28.2. The molecule has 0 aliphatic heterocycles. The summed E-state index contributed by atoms with van der Waals surface area (Å²) >= 11 is 7.26. The molecule has 0 radical (unpaired) electrons. The topological polar surface area (TPSA) is 350 Å². The first-order valence-corrected chi connectivity index (χ1v) is 40.1. The second kappa shape index (κ2) is 123. The maximum atomic E-state index is 4.47. The van der Waals surface area contributed by atoms with Gasteiger partial charge in [-0.05, 0) is 118 Å². The Morgan fingerprint density at radius 3 is 0.796 bits per heavy atom. The van der Waals surface area contributed by atoms with Crippen molar-refractivity contribution in [3.05, 3.63) is 169 Å². The minimum absolute atomic E-state index is 0.833. The van der Waals surface area contributed by atoms with Crippen LogP contribution in [0.25, 0.3) is 0 Å². The fourth-order valence-electron chi connectivity index (χ4n) is 1.79. The molecule has 624 valence electrons. The quantitative estimate of drug-likeness (QED) is 0.136. The van der Waals surface area contributed by atoms with Gasteiger partial charge in [-0.3, -0.25) is 4.98 Å². The standard InChI is InChI=1S/12C4H10.2C3H3NO.2C3H3NS.5C2H2N2O.3C2H2N2S/c12*1-4(2)3;1-2-5-3-4-1;1-2-4-5-3-1;1-2-5-3-4-1;1-2-4-5-3-1;1-3-4-2-5-1;1-3-2-5-4-1;1-2-5-4-3-1;2*1-2-4-5-3-1;1-3-4-2-5-1;1-3-2-5-4-1;1-2-5-4-3-1/h12*4H,1-3H3;4*1-3H;8*1-2H. The van der Waals surface area contributed by atoms with Gasteiger partial charge in [-0.1, -0.05) is 285 Å². The van der Waals surface area contributed by atoms with E-state index in [2.05, 4.69) is 381 Å². The third kappa shape index (κ3) is 341. The molecule has 0 bridgehead atoms. The molecule has 32 heteroatoms. The number of rotatable bonds is 0. The van der Waals surface area contributed by atoms with Crippen LogP contribution in [0.5, 0.6) is 0 Å². The predicted molar refractivity (Wildman–Crippen MR) is 455 cm³/mol. The maximum absolute atomic E-state index is 4.47. The molecule has 0 unspecified atom stereocenters. The van der Waals surface area contributed by atoms with E-state index < -0.39 is 0 Å². The number of aromatic nitrogens is 20. The van der Waals surface area contributed by atoms with Gasteiger partial charge < -0.3 is 22.4 Å². The second-order valence-corrected chi connectivity index (χ2v) is 31.6. The largest absolute Gasteiger partial charge is 0.452 e. The number of oxazole rings is 1. The van der Waals surface area contributed by atoms with Crippen LogP contribution >= 0.6 is 57.3 Å². The van der Waals surface area contributed by atoms with Gasteiger partial charge in [0.2, 0.25) is 19.2 Å². The number of thiazole rings is 1. The molecule has 0 spiro atoms. The number of hydrogen-bond donors (Lipinski definition) is 0. The first kappa shape index (κ1) is 127. The van der Waals surface area contributed by atoms with Gasteiger partial charge in [0.1, 0.15) is 41.6 Å². The van der Waals surface area contributed by atoms with Crippen LogP contribution in [-0.4, -0.2) is 100.0 Å². The Labute approximate surface area is 674 Å². The molecule has 0 aliphatic carbocycles. The minimum atomic E-state index is 0.833. The van der Waals surface area contributed by atoms with E-state index >= 15 is 0 Å². The zero-order chi connectivity index (χ0) is 85.4. The summed E-state index contributed by atoms with van der Waals surface area (Å²) in [6, 6.07) is 3.63. The summed E-state index contributed by atoms with van der Waals surface area (Å²) in [5, 5.41) is 48.7. The number of nitrogens with zero attached hydrogens (tertiary/aromatic N) is 20. The van der Waals surface area contributed by atoms with Crippen LogP contribution in [0.3, 0.4) is 0 Å². The smallest absolute Gasteiger partial charge is 0.213 e. The molecule has 0 saturated carbocycles. The average Bonchev–Trinajstić information content (AvgIpc) is 4.41. The van der Waals surface area contributed by atoms with Crippen molar-refractivity contribution in [2.24, 2.45) is 71.0 Å². The van der Waals surface area contributed by atoms with Gasteiger partial charge in [-0.15, -0.1) is 53.3 Å². The van der Waals surface area contributed by atoms with Crippen molar-refractivity contribution < 1.29 is 31.7 Å². The van der Waals surface area contributed by atoms with E-state index in [-0.39, 0.29) is 0 Å². The van der Waals surface area contributed by atoms with Crippen molar-refractivity contribution in [3.63, 3.8) is 0 Å². The lowest BCUT2D eigenvalue weighted by molar-refractivity contribution is 0.307. The Hall–Kier alpha value is -7.94. The van der Waals surface area contributed by atoms with Gasteiger partial charge >= 0.3 is 0 Å². The summed E-state index contributed by atoms with van der Waals surface area (Å²) in [5.41, 5.74) is 6.83. The third-order valence-electron chi connectivity index (χ3n) is 3.65. The second-order valence-electron chi connectivity index (χ2n) is 28.2. The Balaban J connectivity index is -0.0000000892. The molecule has 27 nitrogen and oxygen atoms in total. The fourth-order valence-corrected chi connectivity index (χ4v) is 3.31. The maximum Gasteiger partial charge on any atom is 0.213 e. The zero-order valence-electron chi connectivity index (χ0n) is 72.9. The van der Waals surface area contributed by atoms with Crippen molar-refractivity contribution in [3.8, 4) is 0 Å². The van der Waals surface area contributed by atoms with Crippen LogP contribution in [0.4, 0.5) is 0 Å². The third-order valence-corrected chi connectivity index (χ3v) is 5.99. The summed E-state index contributed by atoms with van der Waals surface area (Å²) in [4.78, 5) is 14.4. The highest BCUT2D eigenvalue weighted by Crippen LogP contribution is 1.89. The Kier molecular flexibility index (Phi) is 144. The molecule has 0 saturated heterocycles. The van der Waals surface area contributed by atoms with Crippen molar-refractivity contribution >= 4 is 57.3 Å². The van der Waals surface area contributed by atoms with E-state index in [4.69, 9.17) is 0 Å². The first-order chi connectivity index (χ1) is 50.8. The molecule has 12 aromatic rings. The highest BCUT2D eigenvalue weighted by Gasteiger charge is 1.75. The highest BCUT2D eigenvalue weighted by molar-refractivity contribution is 7.07. The summed E-state index contributed by atoms with van der Waals surface area (Å²) in [7, 11) is 0. The lowest BCUT2D eigenvalue weighted by atomic mass is 10.3. The van der Waals surface area contributed by atoms with E-state index in [0.717, 1.165) is 71.0 Å². The number of hydrogen-bond acceptors (Lipinski definition) is 32. The lowest BCUT2D eigenvalue weighted by Crippen LogP contribution is -1.66. The molecular weight excluding hydrogens is 1470 g/mol. The molecule has 12 heterocycles. The Morgan fingerprint density at radius 1 is 0.241 bits per heavy atom. The van der Waals surface area contributed by atoms with Crippen molar-refractivity contribution in [1.82, 2.24) is 100.0 Å². The Morgan fingerprint density at radius 2 is 0.694 bits per heavy atom. The SMILES string of the molecule is CC(C)C.CC(C)C.CC(C)C.CC(C)C.CC(C)C.CC(C)C.CC(C)C.CC(C)C.CC(C)C.CC(C)C.CC(C)C.CC(C)C.c1cnoc1.c1cnon1.c1cnon1.c1cnsc1.c1cocn1.c1conn1.c1cscn1.c1csnn1.c1ncon1.c1ncsn1.c1nnco1.c1nncs1. The first-order valence-electron chi connectivity index (χ1n) is 35.7. The zero-order valence-corrected chi connectivity index (χ0v) is 77.0. The lowest BCUT2D eigenvalue weighted by Gasteiger charge is -1.79. The van der Waals surface area contributed by atoms with Crippen molar-refractivity contribution in [2.45, 2.75) is 249 Å². The van der Waals surface area contributed by atoms with Crippen LogP contribution in [-0.2, 0) is 0 Å². The van der Waals surface area contributed by atoms with E-state index in [1.807, 2.05) is 22.2 Å². The predicted octanol–water partition coefficient (Wildman–Crippen LogP) is 25.5. The van der Waals surface area contributed by atoms with E-state index in [0.29, 0.717) is 0 Å². The van der Waals surface area contributed by atoms with Gasteiger partial charge in [-0.25, -0.2) is 28.6 Å². The summed E-state index contributed by atoms with van der Waals surface area (Å²) < 4.78 is 40.7. The van der Waals surface area contributed by atoms with Crippen LogP contribution in [0.1, 0.15) is 249 Å². The molecule has 0 aliphatic rings. The Bertz CT molecular complexity index is 1830.